The van der Waals surface area contributed by atoms with Gasteiger partial charge in [-0.3, -0.25) is 0 Å². The molecule has 2 aliphatic carbocycles. The third-order valence-corrected chi connectivity index (χ3v) is 9.19. The standard InChI is InChI=1S/C37H24F12/c1-33(2,23-9-19-5-3-7-29(31(19)17-23)21-11-25(34(38,39)40)15-26(12-21)35(41,42)43)24-10-20-6-4-8-30(32(20)18-24)22-13-27(36(44,45)46)16-28(14-22)37(47,48)49/h3-8,11-18H,9-10H2,1-2H3. The molecule has 0 N–H and O–H groups in total. The summed E-state index contributed by atoms with van der Waals surface area (Å²) in [5, 5.41) is 0. The predicted octanol–water partition coefficient (Wildman–Crippen LogP) is 12.7. The first-order chi connectivity index (χ1) is 22.5. The zero-order valence-corrected chi connectivity index (χ0v) is 25.5. The zero-order chi connectivity index (χ0) is 35.9. The molecule has 0 aliphatic heterocycles. The molecule has 256 valence electrons. The minimum Gasteiger partial charge on any atom is -0.166 e. The van der Waals surface area contributed by atoms with Crippen molar-refractivity contribution in [1.82, 2.24) is 0 Å². The molecule has 6 rings (SSSR count). The molecule has 0 unspecified atom stereocenters. The molecule has 0 fully saturated rings. The van der Waals surface area contributed by atoms with Crippen molar-refractivity contribution in [3.63, 3.8) is 0 Å². The lowest BCUT2D eigenvalue weighted by atomic mass is 9.75. The average Bonchev–Trinajstić information content (AvgIpc) is 3.65. The molecule has 0 atom stereocenters. The van der Waals surface area contributed by atoms with Crippen LogP contribution in [0.25, 0.3) is 34.4 Å². The van der Waals surface area contributed by atoms with Gasteiger partial charge >= 0.3 is 24.7 Å². The van der Waals surface area contributed by atoms with Gasteiger partial charge in [-0.1, -0.05) is 73.5 Å². The summed E-state index contributed by atoms with van der Waals surface area (Å²) in [5.74, 6) is 0. The SMILES string of the molecule is CC(C)(C1=Cc2c(cccc2-c2cc(C(F)(F)F)cc(C(F)(F)F)c2)C1)C1=Cc2c(cccc2-c2cc(C(F)(F)F)cc(C(F)(F)F)c2)C1. The maximum absolute atomic E-state index is 13.6. The second-order valence-corrected chi connectivity index (χ2v) is 12.7. The molecule has 0 bridgehead atoms. The molecule has 12 heteroatoms. The van der Waals surface area contributed by atoms with Crippen LogP contribution in [0.4, 0.5) is 52.7 Å². The van der Waals surface area contributed by atoms with E-state index in [9.17, 15) is 52.7 Å². The summed E-state index contributed by atoms with van der Waals surface area (Å²) in [6.07, 6.45) is -16.0. The molecule has 0 amide bonds. The Kier molecular flexibility index (Phi) is 7.92. The van der Waals surface area contributed by atoms with Crippen molar-refractivity contribution < 1.29 is 52.7 Å². The van der Waals surface area contributed by atoms with Gasteiger partial charge in [-0.05, 0) is 93.7 Å². The Balaban J connectivity index is 1.41. The Morgan fingerprint density at radius 3 is 1.02 bits per heavy atom. The number of fused-ring (bicyclic) bond motifs is 2. The number of alkyl halides is 12. The van der Waals surface area contributed by atoms with Crippen LogP contribution in [-0.2, 0) is 37.5 Å². The van der Waals surface area contributed by atoms with Crippen LogP contribution in [0, 0.1) is 5.41 Å². The third-order valence-electron chi connectivity index (χ3n) is 9.19. The average molecular weight is 697 g/mol. The van der Waals surface area contributed by atoms with Crippen molar-refractivity contribution in [2.75, 3.05) is 0 Å². The molecule has 4 aromatic carbocycles. The van der Waals surface area contributed by atoms with E-state index in [1.165, 1.54) is 12.1 Å². The zero-order valence-electron chi connectivity index (χ0n) is 25.5. The van der Waals surface area contributed by atoms with Crippen LogP contribution in [0.5, 0.6) is 0 Å². The van der Waals surface area contributed by atoms with E-state index >= 15 is 0 Å². The second kappa shape index (κ2) is 11.3. The van der Waals surface area contributed by atoms with Crippen molar-refractivity contribution >= 4 is 12.2 Å². The number of hydrogen-bond acceptors (Lipinski definition) is 0. The lowest BCUT2D eigenvalue weighted by molar-refractivity contribution is -0.144. The normalized spacial score (nSPS) is 15.2. The summed E-state index contributed by atoms with van der Waals surface area (Å²) < 4.78 is 163. The van der Waals surface area contributed by atoms with Crippen LogP contribution in [-0.4, -0.2) is 0 Å². The van der Waals surface area contributed by atoms with Crippen molar-refractivity contribution in [3.8, 4) is 22.3 Å². The van der Waals surface area contributed by atoms with Gasteiger partial charge in [0.2, 0.25) is 0 Å². The summed E-state index contributed by atoms with van der Waals surface area (Å²) in [6.45, 7) is 3.72. The fraction of sp³-hybridized carbons (Fsp3) is 0.243. The van der Waals surface area contributed by atoms with Gasteiger partial charge in [-0.15, -0.1) is 0 Å². The smallest absolute Gasteiger partial charge is 0.166 e. The van der Waals surface area contributed by atoms with E-state index in [4.69, 9.17) is 0 Å². The van der Waals surface area contributed by atoms with Crippen LogP contribution in [0.15, 0.2) is 83.9 Å². The van der Waals surface area contributed by atoms with E-state index < -0.39 is 52.4 Å². The van der Waals surface area contributed by atoms with Crippen LogP contribution in [0.1, 0.15) is 58.4 Å². The predicted molar refractivity (Wildman–Crippen MR) is 161 cm³/mol. The Labute approximate surface area is 272 Å². The molecule has 0 heterocycles. The molecular formula is C37H24F12. The topological polar surface area (TPSA) is 0 Å². The van der Waals surface area contributed by atoms with E-state index in [-0.39, 0.29) is 34.4 Å². The highest BCUT2D eigenvalue weighted by molar-refractivity contribution is 5.85. The summed E-state index contributed by atoms with van der Waals surface area (Å²) in [4.78, 5) is 0. The molecule has 0 spiro atoms. The van der Waals surface area contributed by atoms with Gasteiger partial charge in [-0.2, -0.15) is 52.7 Å². The minimum absolute atomic E-state index is 0.0683. The van der Waals surface area contributed by atoms with Gasteiger partial charge in [0.1, 0.15) is 0 Å². The number of halogens is 12. The molecule has 4 aromatic rings. The summed E-state index contributed by atoms with van der Waals surface area (Å²) >= 11 is 0. The maximum atomic E-state index is 13.6. The quantitative estimate of drug-likeness (QED) is 0.186. The Hall–Kier alpha value is -4.48. The van der Waals surface area contributed by atoms with Gasteiger partial charge in [0.15, 0.2) is 0 Å². The Morgan fingerprint density at radius 2 is 0.735 bits per heavy atom. The second-order valence-electron chi connectivity index (χ2n) is 12.7. The first-order valence-corrected chi connectivity index (χ1v) is 14.8. The molecule has 0 saturated carbocycles. The minimum atomic E-state index is -5.03. The number of hydrogen-bond donors (Lipinski definition) is 0. The highest BCUT2D eigenvalue weighted by Gasteiger charge is 2.40. The molecule has 49 heavy (non-hydrogen) atoms. The Bertz CT molecular complexity index is 1820. The first-order valence-electron chi connectivity index (χ1n) is 14.8. The van der Waals surface area contributed by atoms with Crippen LogP contribution in [0.3, 0.4) is 0 Å². The number of benzene rings is 4. The van der Waals surface area contributed by atoms with E-state index in [1.807, 2.05) is 13.8 Å². The van der Waals surface area contributed by atoms with Crippen molar-refractivity contribution in [2.24, 2.45) is 5.41 Å². The lowest BCUT2D eigenvalue weighted by Crippen LogP contribution is -2.18. The van der Waals surface area contributed by atoms with Gasteiger partial charge in [0.05, 0.1) is 22.3 Å². The fourth-order valence-electron chi connectivity index (χ4n) is 6.47. The summed E-state index contributed by atoms with van der Waals surface area (Å²) in [5.41, 5.74) is -2.89. The van der Waals surface area contributed by atoms with Crippen LogP contribution < -0.4 is 0 Å². The van der Waals surface area contributed by atoms with Crippen molar-refractivity contribution in [2.45, 2.75) is 51.4 Å². The van der Waals surface area contributed by atoms with Crippen molar-refractivity contribution in [3.05, 3.63) is 128 Å². The van der Waals surface area contributed by atoms with E-state index in [0.29, 0.717) is 59.4 Å². The molecule has 0 nitrogen and oxygen atoms in total. The van der Waals surface area contributed by atoms with E-state index in [1.54, 1.807) is 36.4 Å². The highest BCUT2D eigenvalue weighted by Crippen LogP contribution is 2.50. The largest absolute Gasteiger partial charge is 0.416 e. The molecule has 0 radical (unpaired) electrons. The van der Waals surface area contributed by atoms with Crippen LogP contribution in [0.2, 0.25) is 0 Å². The van der Waals surface area contributed by atoms with Gasteiger partial charge in [0.25, 0.3) is 0 Å². The summed E-state index contributed by atoms with van der Waals surface area (Å²) in [7, 11) is 0. The molecule has 0 aromatic heterocycles. The van der Waals surface area contributed by atoms with E-state index in [0.717, 1.165) is 11.1 Å². The third kappa shape index (κ3) is 6.49. The molecule has 2 aliphatic rings. The monoisotopic (exact) mass is 696 g/mol. The fourth-order valence-corrected chi connectivity index (χ4v) is 6.47. The number of allylic oxidation sites excluding steroid dienone is 2. The van der Waals surface area contributed by atoms with Gasteiger partial charge < -0.3 is 0 Å². The van der Waals surface area contributed by atoms with E-state index in [2.05, 4.69) is 0 Å². The molecular weight excluding hydrogens is 672 g/mol. The highest BCUT2D eigenvalue weighted by atomic mass is 19.4. The maximum Gasteiger partial charge on any atom is 0.416 e. The van der Waals surface area contributed by atoms with Crippen molar-refractivity contribution in [1.29, 1.82) is 0 Å². The van der Waals surface area contributed by atoms with Gasteiger partial charge in [-0.25, -0.2) is 0 Å². The first kappa shape index (κ1) is 34.4. The van der Waals surface area contributed by atoms with Gasteiger partial charge in [0, 0.05) is 5.41 Å². The molecule has 0 saturated heterocycles. The lowest BCUT2D eigenvalue weighted by Gasteiger charge is -2.28. The van der Waals surface area contributed by atoms with Crippen LogP contribution >= 0.6 is 0 Å². The Morgan fingerprint density at radius 1 is 0.429 bits per heavy atom. The summed E-state index contributed by atoms with van der Waals surface area (Å²) in [6, 6.07) is 12.3. The number of rotatable bonds is 4.